The van der Waals surface area contributed by atoms with Crippen molar-refractivity contribution < 1.29 is 13.9 Å². The predicted molar refractivity (Wildman–Crippen MR) is 97.7 cm³/mol. The number of aliphatic imine (C=N–C) groups is 1. The SMILES string of the molecule is CN=C(NCc1cccc(F)c1)NCC(C)Oc1ccc(OC)cc1. The van der Waals surface area contributed by atoms with E-state index in [1.165, 1.54) is 12.1 Å². The number of rotatable bonds is 7. The summed E-state index contributed by atoms with van der Waals surface area (Å²) in [6, 6.07) is 13.9. The normalized spacial score (nSPS) is 12.4. The number of benzene rings is 2. The van der Waals surface area contributed by atoms with Crippen LogP contribution in [0.25, 0.3) is 0 Å². The van der Waals surface area contributed by atoms with Gasteiger partial charge in [-0.3, -0.25) is 4.99 Å². The van der Waals surface area contributed by atoms with Crippen LogP contribution in [0.1, 0.15) is 12.5 Å². The third-order valence-electron chi connectivity index (χ3n) is 3.53. The Balaban J connectivity index is 1.77. The molecule has 0 radical (unpaired) electrons. The van der Waals surface area contributed by atoms with Gasteiger partial charge in [-0.05, 0) is 48.9 Å². The monoisotopic (exact) mass is 345 g/mol. The second kappa shape index (κ2) is 9.52. The number of methoxy groups -OCH3 is 1. The molecule has 2 aromatic carbocycles. The minimum atomic E-state index is -0.247. The molecule has 0 aliphatic carbocycles. The fourth-order valence-electron chi connectivity index (χ4n) is 2.22. The molecule has 0 heterocycles. The van der Waals surface area contributed by atoms with Gasteiger partial charge in [0.25, 0.3) is 0 Å². The zero-order valence-corrected chi connectivity index (χ0v) is 14.8. The molecule has 0 saturated heterocycles. The van der Waals surface area contributed by atoms with E-state index in [1.807, 2.05) is 37.3 Å². The van der Waals surface area contributed by atoms with Crippen LogP contribution >= 0.6 is 0 Å². The van der Waals surface area contributed by atoms with E-state index in [0.29, 0.717) is 19.0 Å². The molecule has 2 aromatic rings. The first kappa shape index (κ1) is 18.6. The van der Waals surface area contributed by atoms with E-state index < -0.39 is 0 Å². The van der Waals surface area contributed by atoms with Crippen molar-refractivity contribution in [3.63, 3.8) is 0 Å². The molecule has 1 unspecified atom stereocenters. The van der Waals surface area contributed by atoms with Crippen molar-refractivity contribution in [3.05, 3.63) is 59.9 Å². The third-order valence-corrected chi connectivity index (χ3v) is 3.53. The highest BCUT2D eigenvalue weighted by molar-refractivity contribution is 5.79. The summed E-state index contributed by atoms with van der Waals surface area (Å²) >= 11 is 0. The highest BCUT2D eigenvalue weighted by atomic mass is 19.1. The maximum absolute atomic E-state index is 13.2. The number of nitrogens with one attached hydrogen (secondary N) is 2. The van der Waals surface area contributed by atoms with Gasteiger partial charge in [0.2, 0.25) is 0 Å². The minimum Gasteiger partial charge on any atom is -0.497 e. The maximum Gasteiger partial charge on any atom is 0.191 e. The molecule has 0 bridgehead atoms. The van der Waals surface area contributed by atoms with Crippen LogP contribution in [-0.4, -0.2) is 32.8 Å². The van der Waals surface area contributed by atoms with Crippen molar-refractivity contribution in [3.8, 4) is 11.5 Å². The van der Waals surface area contributed by atoms with Crippen molar-refractivity contribution in [2.75, 3.05) is 20.7 Å². The van der Waals surface area contributed by atoms with Crippen LogP contribution in [0.4, 0.5) is 4.39 Å². The summed E-state index contributed by atoms with van der Waals surface area (Å²) in [6.45, 7) is 3.04. The average molecular weight is 345 g/mol. The van der Waals surface area contributed by atoms with Crippen molar-refractivity contribution in [1.29, 1.82) is 0 Å². The van der Waals surface area contributed by atoms with Gasteiger partial charge in [0.1, 0.15) is 23.4 Å². The van der Waals surface area contributed by atoms with Gasteiger partial charge in [0.15, 0.2) is 5.96 Å². The number of guanidine groups is 1. The Hall–Kier alpha value is -2.76. The van der Waals surface area contributed by atoms with E-state index in [4.69, 9.17) is 9.47 Å². The molecule has 0 spiro atoms. The summed E-state index contributed by atoms with van der Waals surface area (Å²) in [5, 5.41) is 6.34. The molecule has 5 nitrogen and oxygen atoms in total. The first-order chi connectivity index (χ1) is 12.1. The summed E-state index contributed by atoms with van der Waals surface area (Å²) in [5.74, 6) is 1.95. The van der Waals surface area contributed by atoms with Gasteiger partial charge >= 0.3 is 0 Å². The summed E-state index contributed by atoms with van der Waals surface area (Å²) in [5.41, 5.74) is 0.852. The topological polar surface area (TPSA) is 54.9 Å². The molecule has 0 amide bonds. The van der Waals surface area contributed by atoms with Crippen molar-refractivity contribution in [1.82, 2.24) is 10.6 Å². The molecule has 0 aliphatic heterocycles. The summed E-state index contributed by atoms with van der Waals surface area (Å²) in [6.07, 6.45) is -0.0545. The Labute approximate surface area is 147 Å². The van der Waals surface area contributed by atoms with Gasteiger partial charge in [0.05, 0.1) is 13.7 Å². The highest BCUT2D eigenvalue weighted by Crippen LogP contribution is 2.17. The highest BCUT2D eigenvalue weighted by Gasteiger charge is 2.06. The van der Waals surface area contributed by atoms with Crippen molar-refractivity contribution in [2.24, 2.45) is 4.99 Å². The Bertz CT molecular complexity index is 689. The van der Waals surface area contributed by atoms with Crippen molar-refractivity contribution in [2.45, 2.75) is 19.6 Å². The molecule has 134 valence electrons. The zero-order valence-electron chi connectivity index (χ0n) is 14.8. The molecule has 25 heavy (non-hydrogen) atoms. The molecule has 2 N–H and O–H groups in total. The maximum atomic E-state index is 13.2. The second-order valence-corrected chi connectivity index (χ2v) is 5.54. The summed E-state index contributed by atoms with van der Waals surface area (Å²) < 4.78 is 24.1. The van der Waals surface area contributed by atoms with Gasteiger partial charge in [-0.1, -0.05) is 12.1 Å². The standard InChI is InChI=1S/C19H24FN3O2/c1-14(25-18-9-7-17(24-3)8-10-18)12-22-19(21-2)23-13-15-5-4-6-16(20)11-15/h4-11,14H,12-13H2,1-3H3,(H2,21,22,23). The van der Waals surface area contributed by atoms with Gasteiger partial charge in [-0.15, -0.1) is 0 Å². The van der Waals surface area contributed by atoms with Crippen molar-refractivity contribution >= 4 is 5.96 Å². The van der Waals surface area contributed by atoms with Crippen LogP contribution in [0.3, 0.4) is 0 Å². The molecule has 0 fully saturated rings. The third kappa shape index (κ3) is 6.33. The number of ether oxygens (including phenoxy) is 2. The molecule has 2 rings (SSSR count). The summed E-state index contributed by atoms with van der Waals surface area (Å²) in [4.78, 5) is 4.16. The van der Waals surface area contributed by atoms with Crippen LogP contribution in [0.5, 0.6) is 11.5 Å². The Morgan fingerprint density at radius 1 is 1.12 bits per heavy atom. The fraction of sp³-hybridized carbons (Fsp3) is 0.316. The molecular formula is C19H24FN3O2. The quantitative estimate of drug-likeness (QED) is 0.598. The minimum absolute atomic E-state index is 0.0545. The van der Waals surface area contributed by atoms with E-state index >= 15 is 0 Å². The average Bonchev–Trinajstić information content (AvgIpc) is 2.62. The Morgan fingerprint density at radius 2 is 1.84 bits per heavy atom. The van der Waals surface area contributed by atoms with Gasteiger partial charge < -0.3 is 20.1 Å². The first-order valence-electron chi connectivity index (χ1n) is 8.10. The molecule has 0 aliphatic rings. The number of hydrogen-bond donors (Lipinski definition) is 2. The second-order valence-electron chi connectivity index (χ2n) is 5.54. The smallest absolute Gasteiger partial charge is 0.191 e. The zero-order chi connectivity index (χ0) is 18.1. The van der Waals surface area contributed by atoms with Gasteiger partial charge in [0, 0.05) is 13.6 Å². The molecule has 0 aromatic heterocycles. The Morgan fingerprint density at radius 3 is 2.48 bits per heavy atom. The van der Waals surface area contributed by atoms with E-state index in [0.717, 1.165) is 17.1 Å². The Kier molecular flexibility index (Phi) is 7.07. The lowest BCUT2D eigenvalue weighted by molar-refractivity contribution is 0.223. The van der Waals surface area contributed by atoms with Crippen LogP contribution in [0.15, 0.2) is 53.5 Å². The number of hydrogen-bond acceptors (Lipinski definition) is 3. The van der Waals surface area contributed by atoms with Gasteiger partial charge in [-0.2, -0.15) is 0 Å². The lowest BCUT2D eigenvalue weighted by Gasteiger charge is -2.18. The molecule has 6 heteroatoms. The lowest BCUT2D eigenvalue weighted by atomic mass is 10.2. The first-order valence-corrected chi connectivity index (χ1v) is 8.10. The van der Waals surface area contributed by atoms with E-state index in [-0.39, 0.29) is 11.9 Å². The van der Waals surface area contributed by atoms with Crippen LogP contribution in [0, 0.1) is 5.82 Å². The van der Waals surface area contributed by atoms with E-state index in [9.17, 15) is 4.39 Å². The van der Waals surface area contributed by atoms with Crippen LogP contribution in [-0.2, 0) is 6.54 Å². The van der Waals surface area contributed by atoms with Crippen LogP contribution < -0.4 is 20.1 Å². The predicted octanol–water partition coefficient (Wildman–Crippen LogP) is 2.97. The largest absolute Gasteiger partial charge is 0.497 e. The van der Waals surface area contributed by atoms with Crippen LogP contribution in [0.2, 0.25) is 0 Å². The fourth-order valence-corrected chi connectivity index (χ4v) is 2.22. The van der Waals surface area contributed by atoms with E-state index in [2.05, 4.69) is 15.6 Å². The molecule has 0 saturated carbocycles. The summed E-state index contributed by atoms with van der Waals surface area (Å²) in [7, 11) is 3.32. The van der Waals surface area contributed by atoms with E-state index in [1.54, 1.807) is 20.2 Å². The lowest BCUT2D eigenvalue weighted by Crippen LogP contribution is -2.41. The number of halogens is 1. The number of nitrogens with zero attached hydrogens (tertiary/aromatic N) is 1. The molecule has 1 atom stereocenters. The van der Waals surface area contributed by atoms with Gasteiger partial charge in [-0.25, -0.2) is 4.39 Å². The molecular weight excluding hydrogens is 321 g/mol.